The van der Waals surface area contributed by atoms with Crippen molar-refractivity contribution in [2.75, 3.05) is 11.4 Å². The van der Waals surface area contributed by atoms with E-state index < -0.39 is 0 Å². The molecule has 1 aromatic heterocycles. The predicted molar refractivity (Wildman–Crippen MR) is 129 cm³/mol. The smallest absolute Gasteiger partial charge is 0.294 e. The normalized spacial score (nSPS) is 10.6. The maximum absolute atomic E-state index is 13.3. The molecule has 0 fully saturated rings. The molecule has 1 heterocycles. The first kappa shape index (κ1) is 23.0. The number of nitrogens with one attached hydrogen (secondary N) is 1. The van der Waals surface area contributed by atoms with E-state index >= 15 is 0 Å². The summed E-state index contributed by atoms with van der Waals surface area (Å²) in [6.07, 6.45) is 2.47. The predicted octanol–water partition coefficient (Wildman–Crippen LogP) is 5.17. The monoisotopic (exact) mass is 456 g/mol. The second-order valence-electron chi connectivity index (χ2n) is 7.92. The third-order valence-corrected chi connectivity index (χ3v) is 5.42. The van der Waals surface area contributed by atoms with E-state index in [1.54, 1.807) is 41.3 Å². The second-order valence-corrected chi connectivity index (χ2v) is 7.92. The molecule has 0 aliphatic rings. The summed E-state index contributed by atoms with van der Waals surface area (Å²) in [6, 6.07) is 26.5. The Bertz CT molecular complexity index is 1210. The number of halogens is 1. The largest absolute Gasteiger partial charge is 0.459 e. The lowest BCUT2D eigenvalue weighted by Gasteiger charge is -2.22. The van der Waals surface area contributed by atoms with Crippen molar-refractivity contribution in [2.45, 2.75) is 19.4 Å². The van der Waals surface area contributed by atoms with Gasteiger partial charge >= 0.3 is 0 Å². The summed E-state index contributed by atoms with van der Waals surface area (Å²) >= 11 is 0. The van der Waals surface area contributed by atoms with Crippen LogP contribution in [0.5, 0.6) is 0 Å². The van der Waals surface area contributed by atoms with E-state index in [4.69, 9.17) is 4.42 Å². The molecule has 34 heavy (non-hydrogen) atoms. The summed E-state index contributed by atoms with van der Waals surface area (Å²) in [4.78, 5) is 27.0. The zero-order valence-corrected chi connectivity index (χ0v) is 18.6. The molecule has 0 aliphatic heterocycles. The molecule has 1 N–H and O–H groups in total. The van der Waals surface area contributed by atoms with Crippen molar-refractivity contribution in [3.63, 3.8) is 0 Å². The zero-order valence-electron chi connectivity index (χ0n) is 18.6. The fourth-order valence-electron chi connectivity index (χ4n) is 3.62. The summed E-state index contributed by atoms with van der Waals surface area (Å²) in [6.45, 7) is 0.823. The summed E-state index contributed by atoms with van der Waals surface area (Å²) in [5.74, 6) is -0.484. The molecule has 0 radical (unpaired) electrons. The van der Waals surface area contributed by atoms with Gasteiger partial charge in [0.1, 0.15) is 5.82 Å². The molecule has 0 saturated carbocycles. The van der Waals surface area contributed by atoms with Gasteiger partial charge in [-0.1, -0.05) is 54.6 Å². The van der Waals surface area contributed by atoms with Crippen molar-refractivity contribution < 1.29 is 18.4 Å². The van der Waals surface area contributed by atoms with E-state index in [-0.39, 0.29) is 36.4 Å². The van der Waals surface area contributed by atoms with Crippen LogP contribution in [0.3, 0.4) is 0 Å². The van der Waals surface area contributed by atoms with Crippen LogP contribution < -0.4 is 10.2 Å². The third-order valence-electron chi connectivity index (χ3n) is 5.42. The molecular weight excluding hydrogens is 431 g/mol. The van der Waals surface area contributed by atoms with Crippen LogP contribution in [0.1, 0.15) is 27.2 Å². The van der Waals surface area contributed by atoms with Gasteiger partial charge in [0.2, 0.25) is 5.91 Å². The molecule has 0 spiro atoms. The van der Waals surface area contributed by atoms with Gasteiger partial charge in [0.15, 0.2) is 5.76 Å². The molecule has 0 saturated heterocycles. The Balaban J connectivity index is 1.41. The first-order chi connectivity index (χ1) is 16.6. The Kier molecular flexibility index (Phi) is 7.50. The maximum atomic E-state index is 13.3. The quantitative estimate of drug-likeness (QED) is 0.378. The second kappa shape index (κ2) is 11.1. The number of hydrogen-bond donors (Lipinski definition) is 1. The van der Waals surface area contributed by atoms with E-state index in [2.05, 4.69) is 5.32 Å². The minimum Gasteiger partial charge on any atom is -0.459 e. The first-order valence-electron chi connectivity index (χ1n) is 11.1. The Morgan fingerprint density at radius 2 is 1.50 bits per heavy atom. The van der Waals surface area contributed by atoms with E-state index in [1.807, 2.05) is 42.5 Å². The number of carbonyl (C=O) groups is 2. The molecule has 0 unspecified atom stereocenters. The van der Waals surface area contributed by atoms with Crippen molar-refractivity contribution in [3.8, 4) is 0 Å². The van der Waals surface area contributed by atoms with Crippen LogP contribution in [0.25, 0.3) is 0 Å². The van der Waals surface area contributed by atoms with Crippen molar-refractivity contribution in [1.82, 2.24) is 5.32 Å². The average Bonchev–Trinajstić information content (AvgIpc) is 3.40. The highest BCUT2D eigenvalue weighted by Gasteiger charge is 2.20. The highest BCUT2D eigenvalue weighted by molar-refractivity contribution is 6.04. The fourth-order valence-corrected chi connectivity index (χ4v) is 3.62. The van der Waals surface area contributed by atoms with Gasteiger partial charge in [-0.3, -0.25) is 9.59 Å². The molecule has 0 bridgehead atoms. The molecule has 5 nitrogen and oxygen atoms in total. The van der Waals surface area contributed by atoms with Crippen LogP contribution in [-0.4, -0.2) is 18.4 Å². The molecule has 6 heteroatoms. The van der Waals surface area contributed by atoms with E-state index in [9.17, 15) is 14.0 Å². The van der Waals surface area contributed by atoms with Crippen LogP contribution >= 0.6 is 0 Å². The lowest BCUT2D eigenvalue weighted by atomic mass is 10.1. The van der Waals surface area contributed by atoms with E-state index in [1.165, 1.54) is 24.0 Å². The molecular formula is C28H25FN2O3. The SMILES string of the molecule is O=C(Cc1ccc(N(Cc2ccc(F)cc2)C(=O)c2ccco2)cc1)NCCc1ccccc1. The maximum Gasteiger partial charge on any atom is 0.294 e. The fraction of sp³-hybridized carbons (Fsp3) is 0.143. The number of amides is 2. The zero-order chi connectivity index (χ0) is 23.8. The summed E-state index contributed by atoms with van der Waals surface area (Å²) in [5.41, 5.74) is 3.45. The summed E-state index contributed by atoms with van der Waals surface area (Å²) < 4.78 is 18.6. The van der Waals surface area contributed by atoms with Gasteiger partial charge < -0.3 is 14.6 Å². The molecule has 3 aromatic carbocycles. The van der Waals surface area contributed by atoms with Crippen LogP contribution in [0.4, 0.5) is 10.1 Å². The molecule has 2 amide bonds. The minimum absolute atomic E-state index is 0.0569. The van der Waals surface area contributed by atoms with Gasteiger partial charge in [-0.2, -0.15) is 0 Å². The number of benzene rings is 3. The number of anilines is 1. The van der Waals surface area contributed by atoms with Gasteiger partial charge in [-0.25, -0.2) is 4.39 Å². The van der Waals surface area contributed by atoms with Gasteiger partial charge in [-0.05, 0) is 59.5 Å². The van der Waals surface area contributed by atoms with Gasteiger partial charge in [0, 0.05) is 12.2 Å². The van der Waals surface area contributed by atoms with Gasteiger partial charge in [0.25, 0.3) is 5.91 Å². The van der Waals surface area contributed by atoms with Crippen LogP contribution in [0.15, 0.2) is 102 Å². The van der Waals surface area contributed by atoms with Gasteiger partial charge in [0.05, 0.1) is 19.2 Å². The summed E-state index contributed by atoms with van der Waals surface area (Å²) in [7, 11) is 0. The number of furan rings is 1. The molecule has 172 valence electrons. The van der Waals surface area contributed by atoms with Crippen molar-refractivity contribution in [1.29, 1.82) is 0 Å². The highest BCUT2D eigenvalue weighted by Crippen LogP contribution is 2.22. The van der Waals surface area contributed by atoms with Gasteiger partial charge in [-0.15, -0.1) is 0 Å². The molecule has 4 aromatic rings. The summed E-state index contributed by atoms with van der Waals surface area (Å²) in [5, 5.41) is 2.94. The van der Waals surface area contributed by atoms with Crippen LogP contribution in [-0.2, 0) is 24.2 Å². The first-order valence-corrected chi connectivity index (χ1v) is 11.1. The number of hydrogen-bond acceptors (Lipinski definition) is 3. The Hall–Kier alpha value is -4.19. The van der Waals surface area contributed by atoms with Crippen molar-refractivity contribution in [2.24, 2.45) is 0 Å². The number of carbonyl (C=O) groups excluding carboxylic acids is 2. The third kappa shape index (κ3) is 6.19. The average molecular weight is 457 g/mol. The van der Waals surface area contributed by atoms with E-state index in [0.717, 1.165) is 17.5 Å². The Labute approximate surface area is 197 Å². The molecule has 4 rings (SSSR count). The lowest BCUT2D eigenvalue weighted by Crippen LogP contribution is -2.30. The van der Waals surface area contributed by atoms with Crippen LogP contribution in [0, 0.1) is 5.82 Å². The minimum atomic E-state index is -0.334. The lowest BCUT2D eigenvalue weighted by molar-refractivity contribution is -0.120. The van der Waals surface area contributed by atoms with Crippen molar-refractivity contribution >= 4 is 17.5 Å². The molecule has 0 aliphatic carbocycles. The van der Waals surface area contributed by atoms with E-state index in [0.29, 0.717) is 12.2 Å². The standard InChI is InChI=1S/C28H25FN2O3/c29-24-12-8-23(9-13-24)20-31(28(33)26-7-4-18-34-26)25-14-10-22(11-15-25)19-27(32)30-17-16-21-5-2-1-3-6-21/h1-15,18H,16-17,19-20H2,(H,30,32). The number of rotatable bonds is 9. The number of nitrogens with zero attached hydrogens (tertiary/aromatic N) is 1. The Morgan fingerprint density at radius 1 is 0.794 bits per heavy atom. The topological polar surface area (TPSA) is 62.6 Å². The Morgan fingerprint density at radius 3 is 2.18 bits per heavy atom. The highest BCUT2D eigenvalue weighted by atomic mass is 19.1. The van der Waals surface area contributed by atoms with Crippen molar-refractivity contribution in [3.05, 3.63) is 126 Å². The molecule has 0 atom stereocenters. The van der Waals surface area contributed by atoms with Crippen LogP contribution in [0.2, 0.25) is 0 Å².